The van der Waals surface area contributed by atoms with Crippen molar-refractivity contribution in [2.45, 2.75) is 26.9 Å². The quantitative estimate of drug-likeness (QED) is 0.858. The van der Waals surface area contributed by atoms with Crippen LogP contribution in [0.3, 0.4) is 0 Å². The highest BCUT2D eigenvalue weighted by atomic mass is 32.1. The van der Waals surface area contributed by atoms with E-state index in [2.05, 4.69) is 20.8 Å². The van der Waals surface area contributed by atoms with Gasteiger partial charge >= 0.3 is 0 Å². The van der Waals surface area contributed by atoms with Gasteiger partial charge in [-0.15, -0.1) is 10.2 Å². The normalized spacial score (nSPS) is 10.5. The number of para-hydroxylation sites is 2. The van der Waals surface area contributed by atoms with Gasteiger partial charge in [0.25, 0.3) is 0 Å². The number of nitrogens with one attached hydrogen (secondary N) is 2. The summed E-state index contributed by atoms with van der Waals surface area (Å²) in [6.45, 7) is 5.89. The number of aryl methyl sites for hydroxylation is 1. The summed E-state index contributed by atoms with van der Waals surface area (Å²) in [6.07, 6.45) is 0.0751. The smallest absolute Gasteiger partial charge is 0.245 e. The summed E-state index contributed by atoms with van der Waals surface area (Å²) < 4.78 is 5.68. The molecule has 0 spiro atoms. The molecule has 21 heavy (non-hydrogen) atoms. The number of benzene rings is 1. The lowest BCUT2D eigenvalue weighted by atomic mass is 10.3. The first-order valence-electron chi connectivity index (χ1n) is 6.64. The van der Waals surface area contributed by atoms with Crippen LogP contribution >= 0.6 is 11.3 Å². The third-order valence-corrected chi connectivity index (χ3v) is 3.22. The van der Waals surface area contributed by atoms with E-state index in [1.165, 1.54) is 11.3 Å². The number of carbonyl (C=O) groups excluding carboxylic acids is 1. The summed E-state index contributed by atoms with van der Waals surface area (Å²) in [5, 5.41) is 14.8. The number of rotatable bonds is 6. The molecule has 1 aromatic heterocycles. The Labute approximate surface area is 127 Å². The lowest BCUT2D eigenvalue weighted by Crippen LogP contribution is -2.22. The summed E-state index contributed by atoms with van der Waals surface area (Å²) in [6, 6.07) is 7.53. The van der Waals surface area contributed by atoms with Crippen molar-refractivity contribution in [3.63, 3.8) is 0 Å². The molecule has 1 aromatic carbocycles. The summed E-state index contributed by atoms with van der Waals surface area (Å²) >= 11 is 1.34. The fourth-order valence-electron chi connectivity index (χ4n) is 1.66. The Morgan fingerprint density at radius 2 is 2.10 bits per heavy atom. The SMILES string of the molecule is Cc1nnc(NC(=O)CNc2ccccc2OC(C)C)s1. The average molecular weight is 306 g/mol. The van der Waals surface area contributed by atoms with Gasteiger partial charge in [-0.3, -0.25) is 10.1 Å². The number of carbonyl (C=O) groups is 1. The van der Waals surface area contributed by atoms with E-state index in [-0.39, 0.29) is 18.6 Å². The van der Waals surface area contributed by atoms with Gasteiger partial charge in [-0.05, 0) is 32.9 Å². The van der Waals surface area contributed by atoms with Gasteiger partial charge in [-0.1, -0.05) is 23.5 Å². The molecule has 0 radical (unpaired) electrons. The maximum Gasteiger partial charge on any atom is 0.245 e. The fourth-order valence-corrected chi connectivity index (χ4v) is 2.26. The van der Waals surface area contributed by atoms with Crippen molar-refractivity contribution in [2.75, 3.05) is 17.2 Å². The molecule has 0 aliphatic heterocycles. The number of aromatic nitrogens is 2. The number of amides is 1. The third-order valence-electron chi connectivity index (χ3n) is 2.46. The molecule has 1 amide bonds. The molecule has 1 heterocycles. The Hall–Kier alpha value is -2.15. The van der Waals surface area contributed by atoms with E-state index in [0.29, 0.717) is 5.13 Å². The van der Waals surface area contributed by atoms with Crippen LogP contribution in [0.5, 0.6) is 5.75 Å². The minimum absolute atomic E-state index is 0.0751. The molecule has 0 aliphatic carbocycles. The Kier molecular flexibility index (Phi) is 5.10. The second-order valence-corrected chi connectivity index (χ2v) is 5.87. The van der Waals surface area contributed by atoms with Crippen LogP contribution in [0, 0.1) is 6.92 Å². The van der Waals surface area contributed by atoms with E-state index < -0.39 is 0 Å². The van der Waals surface area contributed by atoms with Crippen LogP contribution in [-0.4, -0.2) is 28.8 Å². The van der Waals surface area contributed by atoms with E-state index in [9.17, 15) is 4.79 Å². The summed E-state index contributed by atoms with van der Waals surface area (Å²) in [5.41, 5.74) is 0.787. The van der Waals surface area contributed by atoms with Gasteiger partial charge in [-0.25, -0.2) is 0 Å². The van der Waals surface area contributed by atoms with Crippen molar-refractivity contribution >= 4 is 28.1 Å². The molecule has 0 saturated heterocycles. The zero-order valence-electron chi connectivity index (χ0n) is 12.2. The van der Waals surface area contributed by atoms with Gasteiger partial charge in [0.2, 0.25) is 11.0 Å². The number of anilines is 2. The first kappa shape index (κ1) is 15.2. The predicted molar refractivity (Wildman–Crippen MR) is 84.0 cm³/mol. The van der Waals surface area contributed by atoms with Crippen LogP contribution in [0.1, 0.15) is 18.9 Å². The zero-order chi connectivity index (χ0) is 15.2. The maximum atomic E-state index is 11.9. The molecule has 2 rings (SSSR count). The predicted octanol–water partition coefficient (Wildman–Crippen LogP) is 2.68. The highest BCUT2D eigenvalue weighted by molar-refractivity contribution is 7.15. The summed E-state index contributed by atoms with van der Waals surface area (Å²) in [7, 11) is 0. The second-order valence-electron chi connectivity index (χ2n) is 4.69. The fraction of sp³-hybridized carbons (Fsp3) is 0.357. The molecule has 0 bridgehead atoms. The van der Waals surface area contributed by atoms with E-state index >= 15 is 0 Å². The highest BCUT2D eigenvalue weighted by Crippen LogP contribution is 2.24. The van der Waals surface area contributed by atoms with Crippen LogP contribution in [0.4, 0.5) is 10.8 Å². The number of nitrogens with zero attached hydrogens (tertiary/aromatic N) is 2. The maximum absolute atomic E-state index is 11.9. The lowest BCUT2D eigenvalue weighted by Gasteiger charge is -2.15. The van der Waals surface area contributed by atoms with Crippen LogP contribution in [0.15, 0.2) is 24.3 Å². The minimum atomic E-state index is -0.175. The molecule has 7 heteroatoms. The summed E-state index contributed by atoms with van der Waals surface area (Å²) in [4.78, 5) is 11.9. The van der Waals surface area contributed by atoms with Gasteiger partial charge in [0.1, 0.15) is 10.8 Å². The van der Waals surface area contributed by atoms with Crippen molar-refractivity contribution in [3.8, 4) is 5.75 Å². The minimum Gasteiger partial charge on any atom is -0.489 e. The standard InChI is InChI=1S/C14H18N4O2S/c1-9(2)20-12-7-5-4-6-11(12)15-8-13(19)16-14-18-17-10(3)21-14/h4-7,9,15H,8H2,1-3H3,(H,16,18,19). The Balaban J connectivity index is 1.92. The third kappa shape index (κ3) is 4.71. The first-order valence-corrected chi connectivity index (χ1v) is 7.46. The monoisotopic (exact) mass is 306 g/mol. The van der Waals surface area contributed by atoms with Gasteiger partial charge in [0.05, 0.1) is 18.3 Å². The van der Waals surface area contributed by atoms with Crippen LogP contribution < -0.4 is 15.4 Å². The van der Waals surface area contributed by atoms with Gasteiger partial charge in [0.15, 0.2) is 0 Å². The molecule has 0 atom stereocenters. The van der Waals surface area contributed by atoms with Gasteiger partial charge < -0.3 is 10.1 Å². The van der Waals surface area contributed by atoms with Crippen molar-refractivity contribution in [1.82, 2.24) is 10.2 Å². The molecule has 112 valence electrons. The molecule has 0 fully saturated rings. The van der Waals surface area contributed by atoms with Crippen LogP contribution in [0.2, 0.25) is 0 Å². The molecule has 2 aromatic rings. The topological polar surface area (TPSA) is 76.1 Å². The van der Waals surface area contributed by atoms with Crippen molar-refractivity contribution < 1.29 is 9.53 Å². The van der Waals surface area contributed by atoms with E-state index in [0.717, 1.165) is 16.4 Å². The van der Waals surface area contributed by atoms with Crippen molar-refractivity contribution in [2.24, 2.45) is 0 Å². The second kappa shape index (κ2) is 7.03. The van der Waals surface area contributed by atoms with Crippen LogP contribution in [0.25, 0.3) is 0 Å². The van der Waals surface area contributed by atoms with E-state index in [1.807, 2.05) is 45.0 Å². The lowest BCUT2D eigenvalue weighted by molar-refractivity contribution is -0.114. The Morgan fingerprint density at radius 3 is 2.76 bits per heavy atom. The molecule has 0 unspecified atom stereocenters. The van der Waals surface area contributed by atoms with Crippen molar-refractivity contribution in [1.29, 1.82) is 0 Å². The first-order chi connectivity index (χ1) is 10.0. The number of ether oxygens (including phenoxy) is 1. The molecular weight excluding hydrogens is 288 g/mol. The average Bonchev–Trinajstić information content (AvgIpc) is 2.82. The van der Waals surface area contributed by atoms with Crippen LogP contribution in [-0.2, 0) is 4.79 Å². The zero-order valence-corrected chi connectivity index (χ0v) is 13.0. The number of hydrogen-bond donors (Lipinski definition) is 2. The molecular formula is C14H18N4O2S. The van der Waals surface area contributed by atoms with Crippen molar-refractivity contribution in [3.05, 3.63) is 29.3 Å². The van der Waals surface area contributed by atoms with E-state index in [1.54, 1.807) is 0 Å². The largest absolute Gasteiger partial charge is 0.489 e. The highest BCUT2D eigenvalue weighted by Gasteiger charge is 2.09. The van der Waals surface area contributed by atoms with Gasteiger partial charge in [-0.2, -0.15) is 0 Å². The summed E-state index contributed by atoms with van der Waals surface area (Å²) in [5.74, 6) is 0.553. The number of hydrogen-bond acceptors (Lipinski definition) is 6. The van der Waals surface area contributed by atoms with E-state index in [4.69, 9.17) is 4.74 Å². The molecule has 6 nitrogen and oxygen atoms in total. The molecule has 0 aliphatic rings. The molecule has 0 saturated carbocycles. The van der Waals surface area contributed by atoms with Gasteiger partial charge in [0, 0.05) is 0 Å². The Bertz CT molecular complexity index is 613. The Morgan fingerprint density at radius 1 is 1.33 bits per heavy atom. The molecule has 2 N–H and O–H groups in total.